The van der Waals surface area contributed by atoms with Crippen LogP contribution in [0.2, 0.25) is 0 Å². The van der Waals surface area contributed by atoms with E-state index in [1.54, 1.807) is 0 Å². The topological polar surface area (TPSA) is 94.8 Å². The Morgan fingerprint density at radius 2 is 1.76 bits per heavy atom. The number of carbonyl (C=O) groups is 1. The first-order valence-corrected chi connectivity index (χ1v) is 12.8. The molecule has 33 heavy (non-hydrogen) atoms. The molecule has 0 aliphatic rings. The van der Waals surface area contributed by atoms with E-state index in [2.05, 4.69) is 70.1 Å². The summed E-state index contributed by atoms with van der Waals surface area (Å²) in [5, 5.41) is 21.2. The smallest absolute Gasteiger partial charge is 0.239 e. The van der Waals surface area contributed by atoms with Crippen LogP contribution in [0, 0.1) is 12.8 Å². The number of nitrogens with one attached hydrogen (secondary N) is 1. The summed E-state index contributed by atoms with van der Waals surface area (Å²) in [6.07, 6.45) is -0.288. The van der Waals surface area contributed by atoms with Crippen molar-refractivity contribution in [1.82, 2.24) is 25.0 Å². The largest absolute Gasteiger partial charge is 0.483 e. The molecule has 0 saturated heterocycles. The van der Waals surface area contributed by atoms with Gasteiger partial charge in [0, 0.05) is 6.54 Å². The van der Waals surface area contributed by atoms with Crippen molar-refractivity contribution in [2.45, 2.75) is 77.4 Å². The van der Waals surface area contributed by atoms with Gasteiger partial charge in [0.1, 0.15) is 10.8 Å². The first-order chi connectivity index (χ1) is 15.6. The Labute approximate surface area is 203 Å². The van der Waals surface area contributed by atoms with E-state index in [1.807, 2.05) is 32.9 Å². The zero-order valence-corrected chi connectivity index (χ0v) is 21.8. The molecule has 2 aromatic heterocycles. The zero-order valence-electron chi connectivity index (χ0n) is 20.2. The molecule has 1 aromatic carbocycles. The molecule has 2 atom stereocenters. The summed E-state index contributed by atoms with van der Waals surface area (Å²) >= 11 is 2.72. The highest BCUT2D eigenvalue weighted by molar-refractivity contribution is 8.00. The Morgan fingerprint density at radius 1 is 1.06 bits per heavy atom. The number of hydrogen-bond donors (Lipinski definition) is 1. The van der Waals surface area contributed by atoms with Crippen LogP contribution in [0.3, 0.4) is 0 Å². The molecule has 3 rings (SSSR count). The van der Waals surface area contributed by atoms with Gasteiger partial charge in [0.15, 0.2) is 17.1 Å². The van der Waals surface area contributed by atoms with E-state index in [1.165, 1.54) is 28.7 Å². The van der Waals surface area contributed by atoms with Crippen LogP contribution < -0.4 is 10.1 Å². The van der Waals surface area contributed by atoms with Gasteiger partial charge in [-0.25, -0.2) is 0 Å². The molecule has 1 amide bonds. The molecule has 0 spiro atoms. The van der Waals surface area contributed by atoms with Crippen molar-refractivity contribution in [3.8, 4) is 5.75 Å². The highest BCUT2D eigenvalue weighted by Crippen LogP contribution is 2.29. The number of rotatable bonds is 10. The fraction of sp³-hybridized carbons (Fsp3) is 0.522. The van der Waals surface area contributed by atoms with E-state index >= 15 is 0 Å². The quantitative estimate of drug-likeness (QED) is 0.378. The molecule has 0 saturated carbocycles. The second kappa shape index (κ2) is 11.1. The van der Waals surface area contributed by atoms with Crippen LogP contribution in [0.4, 0.5) is 5.13 Å². The number of ether oxygens (including phenoxy) is 1. The van der Waals surface area contributed by atoms with Crippen LogP contribution in [-0.4, -0.2) is 36.1 Å². The van der Waals surface area contributed by atoms with Gasteiger partial charge in [0.05, 0.1) is 5.25 Å². The van der Waals surface area contributed by atoms with Crippen LogP contribution in [0.1, 0.15) is 70.0 Å². The molecule has 178 valence electrons. The number of amides is 1. The molecule has 2 heterocycles. The fourth-order valence-corrected chi connectivity index (χ4v) is 4.64. The normalized spacial score (nSPS) is 13.4. The number of aromatic nitrogens is 5. The van der Waals surface area contributed by atoms with Gasteiger partial charge >= 0.3 is 0 Å². The summed E-state index contributed by atoms with van der Waals surface area (Å²) < 4.78 is 8.24. The van der Waals surface area contributed by atoms with Crippen molar-refractivity contribution in [1.29, 1.82) is 0 Å². The average Bonchev–Trinajstić information content (AvgIpc) is 3.33. The number of carbonyl (C=O) groups excluding carboxylic acids is 1. The summed E-state index contributed by atoms with van der Waals surface area (Å²) in [5.41, 5.74) is 1.27. The zero-order chi connectivity index (χ0) is 24.1. The Hall–Kier alpha value is -2.46. The summed E-state index contributed by atoms with van der Waals surface area (Å²) in [6, 6.07) is 8.16. The lowest BCUT2D eigenvalue weighted by Gasteiger charge is -2.19. The minimum atomic E-state index is -0.378. The molecule has 0 radical (unpaired) electrons. The summed E-state index contributed by atoms with van der Waals surface area (Å²) in [7, 11) is 0. The number of hydrogen-bond acceptors (Lipinski definition) is 8. The van der Waals surface area contributed by atoms with Gasteiger partial charge in [-0.1, -0.05) is 62.9 Å². The molecular weight excluding hydrogens is 456 g/mol. The van der Waals surface area contributed by atoms with Crippen molar-refractivity contribution >= 4 is 34.1 Å². The second-order valence-electron chi connectivity index (χ2n) is 8.70. The summed E-state index contributed by atoms with van der Waals surface area (Å²) in [6.45, 7) is 15.0. The Balaban J connectivity index is 1.73. The maximum absolute atomic E-state index is 12.6. The van der Waals surface area contributed by atoms with Crippen LogP contribution >= 0.6 is 23.1 Å². The average molecular weight is 489 g/mol. The van der Waals surface area contributed by atoms with Crippen molar-refractivity contribution in [3.63, 3.8) is 0 Å². The molecule has 0 fully saturated rings. The monoisotopic (exact) mass is 488 g/mol. The summed E-state index contributed by atoms with van der Waals surface area (Å²) in [5.74, 6) is 2.24. The number of anilines is 1. The van der Waals surface area contributed by atoms with Crippen molar-refractivity contribution in [2.75, 3.05) is 5.32 Å². The predicted molar refractivity (Wildman–Crippen MR) is 133 cm³/mol. The van der Waals surface area contributed by atoms with Gasteiger partial charge in [-0.05, 0) is 50.3 Å². The highest BCUT2D eigenvalue weighted by Gasteiger charge is 2.24. The molecule has 1 N–H and O–H groups in total. The highest BCUT2D eigenvalue weighted by atomic mass is 32.2. The lowest BCUT2D eigenvalue weighted by molar-refractivity contribution is -0.115. The number of benzene rings is 1. The molecule has 3 aromatic rings. The van der Waals surface area contributed by atoms with Crippen LogP contribution in [0.25, 0.3) is 0 Å². The first-order valence-electron chi connectivity index (χ1n) is 11.1. The van der Waals surface area contributed by atoms with Gasteiger partial charge in [-0.3, -0.25) is 10.1 Å². The standard InChI is InChI=1S/C23H32N6O2S2/c1-13(2)12-29-20(15(5)31-19-10-8-18(9-11-19)14(3)4)26-28-23(29)32-16(6)21(30)24-22-27-25-17(7)33-22/h8-11,13-16H,12H2,1-7H3,(H,24,27,30). The van der Waals surface area contributed by atoms with E-state index < -0.39 is 0 Å². The molecule has 0 bridgehead atoms. The third kappa shape index (κ3) is 6.77. The Bertz CT molecular complexity index is 1060. The maximum atomic E-state index is 12.6. The molecule has 2 unspecified atom stereocenters. The Morgan fingerprint density at radius 3 is 2.33 bits per heavy atom. The van der Waals surface area contributed by atoms with Crippen molar-refractivity contribution in [2.24, 2.45) is 5.92 Å². The lowest BCUT2D eigenvalue weighted by atomic mass is 10.0. The van der Waals surface area contributed by atoms with E-state index in [9.17, 15) is 4.79 Å². The number of aryl methyl sites for hydroxylation is 1. The molecule has 0 aliphatic heterocycles. The van der Waals surface area contributed by atoms with Gasteiger partial charge in [0.2, 0.25) is 11.0 Å². The Kier molecular flexibility index (Phi) is 8.47. The molecule has 10 heteroatoms. The van der Waals surface area contributed by atoms with Crippen molar-refractivity contribution < 1.29 is 9.53 Å². The van der Waals surface area contributed by atoms with Crippen LogP contribution in [0.15, 0.2) is 29.4 Å². The molecular formula is C23H32N6O2S2. The predicted octanol–water partition coefficient (Wildman–Crippen LogP) is 5.48. The lowest BCUT2D eigenvalue weighted by Crippen LogP contribution is -2.23. The van der Waals surface area contributed by atoms with E-state index in [4.69, 9.17) is 4.74 Å². The number of thioether (sulfide) groups is 1. The van der Waals surface area contributed by atoms with Gasteiger partial charge < -0.3 is 9.30 Å². The fourth-order valence-electron chi connectivity index (χ4n) is 3.18. The van der Waals surface area contributed by atoms with Gasteiger partial charge in [-0.15, -0.1) is 20.4 Å². The SMILES string of the molecule is Cc1nnc(NC(=O)C(C)Sc2nnc(C(C)Oc3ccc(C(C)C)cc3)n2CC(C)C)s1. The van der Waals surface area contributed by atoms with Gasteiger partial charge in [-0.2, -0.15) is 0 Å². The van der Waals surface area contributed by atoms with E-state index in [-0.39, 0.29) is 17.3 Å². The third-order valence-electron chi connectivity index (χ3n) is 4.92. The second-order valence-corrected chi connectivity index (χ2v) is 11.2. The van der Waals surface area contributed by atoms with Gasteiger partial charge in [0.25, 0.3) is 0 Å². The van der Waals surface area contributed by atoms with Crippen LogP contribution in [-0.2, 0) is 11.3 Å². The van der Waals surface area contributed by atoms with Crippen LogP contribution in [0.5, 0.6) is 5.75 Å². The van der Waals surface area contributed by atoms with Crippen molar-refractivity contribution in [3.05, 3.63) is 40.7 Å². The minimum absolute atomic E-state index is 0.147. The first kappa shape index (κ1) is 25.2. The summed E-state index contributed by atoms with van der Waals surface area (Å²) in [4.78, 5) is 12.6. The third-order valence-corrected chi connectivity index (χ3v) is 6.76. The number of nitrogens with zero attached hydrogens (tertiary/aromatic N) is 5. The van der Waals surface area contributed by atoms with E-state index in [0.717, 1.165) is 23.1 Å². The van der Waals surface area contributed by atoms with E-state index in [0.29, 0.717) is 22.1 Å². The minimum Gasteiger partial charge on any atom is -0.483 e. The molecule has 8 nitrogen and oxygen atoms in total. The molecule has 0 aliphatic carbocycles. The maximum Gasteiger partial charge on any atom is 0.239 e.